The summed E-state index contributed by atoms with van der Waals surface area (Å²) in [7, 11) is -3.48. The Morgan fingerprint density at radius 3 is 2.57 bits per heavy atom. The number of rotatable bonds is 6. The Morgan fingerprint density at radius 1 is 1.14 bits per heavy atom. The average molecular weight is 420 g/mol. The molecule has 1 fully saturated rings. The van der Waals surface area contributed by atoms with Crippen LogP contribution in [0.2, 0.25) is 0 Å². The van der Waals surface area contributed by atoms with Crippen LogP contribution in [0.1, 0.15) is 30.4 Å². The smallest absolute Gasteiger partial charge is 0.244 e. The summed E-state index contributed by atoms with van der Waals surface area (Å²) in [6, 6.07) is 9.15. The lowest BCUT2D eigenvalue weighted by Crippen LogP contribution is -2.35. The lowest BCUT2D eigenvalue weighted by Gasteiger charge is -2.25. The second-order valence-corrected chi connectivity index (χ2v) is 9.89. The zero-order valence-electron chi connectivity index (χ0n) is 16.1. The van der Waals surface area contributed by atoms with Gasteiger partial charge in [0.25, 0.3) is 0 Å². The first kappa shape index (κ1) is 20.8. The van der Waals surface area contributed by atoms with Crippen molar-refractivity contribution in [3.63, 3.8) is 0 Å². The van der Waals surface area contributed by atoms with E-state index in [-0.39, 0.29) is 16.6 Å². The number of carbonyl (C=O) groups excluding carboxylic acids is 1. The average Bonchev–Trinajstić information content (AvgIpc) is 2.70. The third kappa shape index (κ3) is 5.12. The van der Waals surface area contributed by atoms with Gasteiger partial charge in [0.15, 0.2) is 0 Å². The molecular formula is C20H25N3O3S2. The summed E-state index contributed by atoms with van der Waals surface area (Å²) in [5.41, 5.74) is 2.90. The van der Waals surface area contributed by atoms with Gasteiger partial charge in [-0.2, -0.15) is 4.31 Å². The Kier molecular flexibility index (Phi) is 6.74. The summed E-state index contributed by atoms with van der Waals surface area (Å²) in [5, 5.41) is 3.53. The van der Waals surface area contributed by atoms with Crippen LogP contribution in [-0.4, -0.2) is 42.5 Å². The Hall–Kier alpha value is -1.90. The van der Waals surface area contributed by atoms with Crippen molar-refractivity contribution in [1.82, 2.24) is 9.29 Å². The fourth-order valence-corrected chi connectivity index (χ4v) is 5.16. The molecule has 150 valence electrons. The number of sulfonamides is 1. The molecule has 1 aromatic carbocycles. The van der Waals surface area contributed by atoms with Crippen LogP contribution in [0.5, 0.6) is 0 Å². The lowest BCUT2D eigenvalue weighted by atomic mass is 10.1. The van der Waals surface area contributed by atoms with Crippen LogP contribution in [0.3, 0.4) is 0 Å². The Morgan fingerprint density at radius 2 is 1.89 bits per heavy atom. The molecule has 1 saturated heterocycles. The maximum atomic E-state index is 12.6. The number of piperidine rings is 1. The predicted octanol–water partition coefficient (Wildman–Crippen LogP) is 3.60. The monoisotopic (exact) mass is 419 g/mol. The molecule has 0 saturated carbocycles. The molecule has 1 N–H and O–H groups in total. The van der Waals surface area contributed by atoms with Crippen molar-refractivity contribution in [3.8, 4) is 0 Å². The highest BCUT2D eigenvalue weighted by Gasteiger charge is 2.26. The van der Waals surface area contributed by atoms with Crippen molar-refractivity contribution in [2.75, 3.05) is 24.2 Å². The number of thioether (sulfide) groups is 1. The van der Waals surface area contributed by atoms with Crippen LogP contribution in [0.15, 0.2) is 46.5 Å². The summed E-state index contributed by atoms with van der Waals surface area (Å²) in [6.45, 7) is 5.06. The van der Waals surface area contributed by atoms with E-state index in [0.29, 0.717) is 18.1 Å². The number of nitrogens with one attached hydrogen (secondary N) is 1. The van der Waals surface area contributed by atoms with E-state index < -0.39 is 10.0 Å². The molecule has 1 aliphatic heterocycles. The number of nitrogens with zero attached hydrogens (tertiary/aromatic N) is 2. The number of anilines is 1. The van der Waals surface area contributed by atoms with E-state index in [1.54, 1.807) is 12.1 Å². The molecule has 0 aliphatic carbocycles. The first-order valence-corrected chi connectivity index (χ1v) is 11.7. The van der Waals surface area contributed by atoms with E-state index in [1.807, 2.05) is 32.0 Å². The van der Waals surface area contributed by atoms with Crippen molar-refractivity contribution in [2.45, 2.75) is 43.0 Å². The summed E-state index contributed by atoms with van der Waals surface area (Å²) >= 11 is 1.28. The maximum Gasteiger partial charge on any atom is 0.244 e. The van der Waals surface area contributed by atoms with E-state index in [0.717, 1.165) is 36.1 Å². The molecule has 0 spiro atoms. The summed E-state index contributed by atoms with van der Waals surface area (Å²) in [6.07, 6.45) is 4.26. The van der Waals surface area contributed by atoms with Crippen LogP contribution in [0.4, 0.5) is 5.69 Å². The van der Waals surface area contributed by atoms with Crippen molar-refractivity contribution in [2.24, 2.45) is 0 Å². The SMILES string of the molecule is Cc1ccc(C)c(NC(=O)CSc2ccc(S(=O)(=O)N3CCCCC3)cn2)c1. The first-order valence-electron chi connectivity index (χ1n) is 9.32. The van der Waals surface area contributed by atoms with Crippen LogP contribution < -0.4 is 5.32 Å². The van der Waals surface area contributed by atoms with Crippen molar-refractivity contribution < 1.29 is 13.2 Å². The van der Waals surface area contributed by atoms with Crippen LogP contribution in [0.25, 0.3) is 0 Å². The number of amides is 1. The van der Waals surface area contributed by atoms with Crippen molar-refractivity contribution >= 4 is 33.4 Å². The molecular weight excluding hydrogens is 394 g/mol. The lowest BCUT2D eigenvalue weighted by molar-refractivity contribution is -0.113. The highest BCUT2D eigenvalue weighted by Crippen LogP contribution is 2.23. The van der Waals surface area contributed by atoms with E-state index >= 15 is 0 Å². The molecule has 1 amide bonds. The van der Waals surface area contributed by atoms with Crippen LogP contribution >= 0.6 is 11.8 Å². The van der Waals surface area contributed by atoms with Gasteiger partial charge in [0.05, 0.1) is 10.8 Å². The molecule has 1 aromatic heterocycles. The molecule has 2 heterocycles. The molecule has 3 rings (SSSR count). The highest BCUT2D eigenvalue weighted by atomic mass is 32.2. The highest BCUT2D eigenvalue weighted by molar-refractivity contribution is 7.99. The van der Waals surface area contributed by atoms with Gasteiger partial charge in [0, 0.05) is 25.0 Å². The van der Waals surface area contributed by atoms with Crippen molar-refractivity contribution in [1.29, 1.82) is 0 Å². The number of hydrogen-bond acceptors (Lipinski definition) is 5. The van der Waals surface area contributed by atoms with Gasteiger partial charge in [0.1, 0.15) is 4.90 Å². The minimum absolute atomic E-state index is 0.120. The number of benzene rings is 1. The fraction of sp³-hybridized carbons (Fsp3) is 0.400. The zero-order chi connectivity index (χ0) is 20.1. The normalized spacial score (nSPS) is 15.4. The van der Waals surface area contributed by atoms with Crippen LogP contribution in [-0.2, 0) is 14.8 Å². The third-order valence-electron chi connectivity index (χ3n) is 4.68. The summed E-state index contributed by atoms with van der Waals surface area (Å²) in [4.78, 5) is 16.7. The predicted molar refractivity (Wildman–Crippen MR) is 112 cm³/mol. The second kappa shape index (κ2) is 9.07. The molecule has 0 atom stereocenters. The van der Waals surface area contributed by atoms with Gasteiger partial charge in [-0.05, 0) is 56.0 Å². The number of aromatic nitrogens is 1. The molecule has 8 heteroatoms. The second-order valence-electron chi connectivity index (χ2n) is 6.95. The van der Waals surface area contributed by atoms with Gasteiger partial charge in [-0.1, -0.05) is 30.3 Å². The van der Waals surface area contributed by atoms with Gasteiger partial charge in [-0.15, -0.1) is 0 Å². The summed E-state index contributed by atoms with van der Waals surface area (Å²) < 4.78 is 26.8. The van der Waals surface area contributed by atoms with Gasteiger partial charge >= 0.3 is 0 Å². The molecule has 2 aromatic rings. The van der Waals surface area contributed by atoms with Crippen molar-refractivity contribution in [3.05, 3.63) is 47.7 Å². The Bertz CT molecular complexity index is 938. The molecule has 28 heavy (non-hydrogen) atoms. The quantitative estimate of drug-likeness (QED) is 0.724. The standard InChI is InChI=1S/C20H25N3O3S2/c1-15-6-7-16(2)18(12-15)22-19(24)14-27-20-9-8-17(13-21-20)28(25,26)23-10-4-3-5-11-23/h6-9,12-13H,3-5,10-11,14H2,1-2H3,(H,22,24). The fourth-order valence-electron chi connectivity index (χ4n) is 3.06. The van der Waals surface area contributed by atoms with E-state index in [1.165, 1.54) is 22.3 Å². The molecule has 0 radical (unpaired) electrons. The zero-order valence-corrected chi connectivity index (χ0v) is 17.8. The Balaban J connectivity index is 1.58. The third-order valence-corrected chi connectivity index (χ3v) is 7.51. The van der Waals surface area contributed by atoms with E-state index in [9.17, 15) is 13.2 Å². The largest absolute Gasteiger partial charge is 0.325 e. The van der Waals surface area contributed by atoms with Gasteiger partial charge < -0.3 is 5.32 Å². The Labute approximate surface area is 170 Å². The van der Waals surface area contributed by atoms with E-state index in [4.69, 9.17) is 0 Å². The number of pyridine rings is 1. The number of aryl methyl sites for hydroxylation is 2. The van der Waals surface area contributed by atoms with E-state index in [2.05, 4.69) is 10.3 Å². The molecule has 6 nitrogen and oxygen atoms in total. The van der Waals surface area contributed by atoms with Gasteiger partial charge in [0.2, 0.25) is 15.9 Å². The minimum Gasteiger partial charge on any atom is -0.325 e. The van der Waals surface area contributed by atoms with Gasteiger partial charge in [-0.3, -0.25) is 4.79 Å². The minimum atomic E-state index is -3.48. The molecule has 1 aliphatic rings. The first-order chi connectivity index (χ1) is 13.4. The molecule has 0 unspecified atom stereocenters. The molecule has 0 bridgehead atoms. The number of hydrogen-bond donors (Lipinski definition) is 1. The van der Waals surface area contributed by atoms with Gasteiger partial charge in [-0.25, -0.2) is 13.4 Å². The summed E-state index contributed by atoms with van der Waals surface area (Å²) in [5.74, 6) is 0.0871. The topological polar surface area (TPSA) is 79.4 Å². The van der Waals surface area contributed by atoms with Crippen LogP contribution in [0, 0.1) is 13.8 Å². The maximum absolute atomic E-state index is 12.6. The number of carbonyl (C=O) groups is 1.